The van der Waals surface area contributed by atoms with Crippen LogP contribution in [-0.4, -0.2) is 84.2 Å². The zero-order valence-corrected chi connectivity index (χ0v) is 30.5. The van der Waals surface area contributed by atoms with Crippen LogP contribution in [0.15, 0.2) is 84.0 Å². The molecule has 2 aromatic carbocycles. The molecule has 0 bridgehead atoms. The van der Waals surface area contributed by atoms with Crippen molar-refractivity contribution in [3.05, 3.63) is 117 Å². The smallest absolute Gasteiger partial charge is 0.280 e. The van der Waals surface area contributed by atoms with Crippen LogP contribution in [0.4, 0.5) is 14.5 Å². The van der Waals surface area contributed by atoms with Gasteiger partial charge in [-0.3, -0.25) is 23.9 Å². The third-order valence-electron chi connectivity index (χ3n) is 10.2. The molecule has 0 aliphatic carbocycles. The summed E-state index contributed by atoms with van der Waals surface area (Å²) in [6, 6.07) is 18.4. The quantitative estimate of drug-likeness (QED) is 0.219. The number of likely N-dealkylation sites (tertiary alicyclic amines) is 2. The van der Waals surface area contributed by atoms with Crippen molar-refractivity contribution >= 4 is 28.8 Å². The number of hydrogen-bond donors (Lipinski definition) is 2. The van der Waals surface area contributed by atoms with Gasteiger partial charge in [0.2, 0.25) is 11.8 Å². The number of halogens is 2. The minimum absolute atomic E-state index is 0.0521. The number of aryl methyl sites for hydroxylation is 2. The highest BCUT2D eigenvalue weighted by Gasteiger charge is 2.47. The lowest BCUT2D eigenvalue weighted by Gasteiger charge is -2.44. The number of thiazole rings is 1. The molecule has 5 aromatic rings. The van der Waals surface area contributed by atoms with Crippen LogP contribution >= 0.6 is 11.3 Å². The summed E-state index contributed by atoms with van der Waals surface area (Å²) in [4.78, 5) is 58.0. The Hall–Kier alpha value is -5.54. The maximum absolute atomic E-state index is 16.0. The average Bonchev–Trinajstić information content (AvgIpc) is 3.57. The standard InChI is InChI=1S/C39H39F2N7O5S/c1-23-8-9-26(18-43-23)35-45-24(2)33(54-35)38(51)46-16-14-29(30(19-46)25-6-4-3-5-7-25)36(49)47-17-15-39(52,31(41)20-47)21-48-22-44-34(32(42)37(48)50)53-28-12-10-27(40)11-13-28/h3-13,18,22,29-31,52H,14-17,19-21,42H2,1-2H3/t29-,30+,31-,39+/m1/s1. The number of hydrogen-bond acceptors (Lipinski definition) is 10. The zero-order valence-electron chi connectivity index (χ0n) is 29.7. The van der Waals surface area contributed by atoms with Gasteiger partial charge in [0.15, 0.2) is 5.69 Å². The SMILES string of the molecule is Cc1ccc(-c2nc(C)c(C(=O)N3CC[C@@H](C(=O)N4CC[C@](O)(Cn5cnc(Oc6ccc(F)cc6)c(N)c5=O)[C@H](F)C4)[C@H](c4ccccc4)C3)s2)cn1. The molecule has 2 aliphatic rings. The fraction of sp³-hybridized carbons (Fsp3) is 0.333. The summed E-state index contributed by atoms with van der Waals surface area (Å²) >= 11 is 1.32. The van der Waals surface area contributed by atoms with Gasteiger partial charge in [0.05, 0.1) is 18.8 Å². The highest BCUT2D eigenvalue weighted by molar-refractivity contribution is 7.17. The van der Waals surface area contributed by atoms with Crippen LogP contribution in [0, 0.1) is 25.6 Å². The van der Waals surface area contributed by atoms with Crippen molar-refractivity contribution in [2.24, 2.45) is 5.92 Å². The maximum Gasteiger partial charge on any atom is 0.280 e. The van der Waals surface area contributed by atoms with Gasteiger partial charge < -0.3 is 25.4 Å². The van der Waals surface area contributed by atoms with E-state index in [9.17, 15) is 23.9 Å². The van der Waals surface area contributed by atoms with E-state index in [-0.39, 0.29) is 61.1 Å². The Morgan fingerprint density at radius 3 is 2.48 bits per heavy atom. The molecule has 15 heteroatoms. The molecule has 2 aliphatic heterocycles. The number of nitrogens with two attached hydrogens (primary N) is 1. The molecule has 0 unspecified atom stereocenters. The molecule has 2 saturated heterocycles. The van der Waals surface area contributed by atoms with Crippen LogP contribution in [0.3, 0.4) is 0 Å². The van der Waals surface area contributed by atoms with Crippen LogP contribution in [0.2, 0.25) is 0 Å². The van der Waals surface area contributed by atoms with Crippen LogP contribution in [0.1, 0.15) is 45.4 Å². The van der Waals surface area contributed by atoms with Crippen molar-refractivity contribution in [2.75, 3.05) is 31.9 Å². The number of anilines is 1. The molecule has 2 fully saturated rings. The van der Waals surface area contributed by atoms with Gasteiger partial charge in [0, 0.05) is 48.9 Å². The van der Waals surface area contributed by atoms with Gasteiger partial charge in [-0.2, -0.15) is 0 Å². The van der Waals surface area contributed by atoms with Crippen molar-refractivity contribution in [3.8, 4) is 22.2 Å². The molecular formula is C39H39F2N7O5S. The van der Waals surface area contributed by atoms with Crippen LogP contribution in [0.25, 0.3) is 10.6 Å². The lowest BCUT2D eigenvalue weighted by Crippen LogP contribution is -2.59. The first kappa shape index (κ1) is 36.8. The van der Waals surface area contributed by atoms with Gasteiger partial charge in [-0.25, -0.2) is 18.7 Å². The predicted octanol–water partition coefficient (Wildman–Crippen LogP) is 5.14. The molecule has 0 spiro atoms. The number of benzene rings is 2. The first-order valence-corrected chi connectivity index (χ1v) is 18.4. The Morgan fingerprint density at radius 1 is 1.02 bits per heavy atom. The van der Waals surface area contributed by atoms with E-state index in [0.29, 0.717) is 28.5 Å². The number of amides is 2. The molecule has 3 aromatic heterocycles. The Bertz CT molecular complexity index is 2220. The number of aliphatic hydroxyl groups is 1. The van der Waals surface area contributed by atoms with E-state index in [1.807, 2.05) is 56.3 Å². The van der Waals surface area contributed by atoms with E-state index < -0.39 is 35.6 Å². The molecule has 4 atom stereocenters. The van der Waals surface area contributed by atoms with E-state index >= 15 is 4.39 Å². The number of rotatable bonds is 8. The first-order chi connectivity index (χ1) is 25.9. The van der Waals surface area contributed by atoms with Crippen molar-refractivity contribution in [1.82, 2.24) is 29.3 Å². The van der Waals surface area contributed by atoms with Crippen molar-refractivity contribution in [2.45, 2.75) is 50.9 Å². The Balaban J connectivity index is 1.04. The molecule has 54 heavy (non-hydrogen) atoms. The molecule has 7 rings (SSSR count). The molecule has 280 valence electrons. The monoisotopic (exact) mass is 755 g/mol. The summed E-state index contributed by atoms with van der Waals surface area (Å²) < 4.78 is 35.8. The predicted molar refractivity (Wildman–Crippen MR) is 198 cm³/mol. The third kappa shape index (κ3) is 7.46. The Morgan fingerprint density at radius 2 is 1.78 bits per heavy atom. The highest BCUT2D eigenvalue weighted by atomic mass is 32.1. The normalized spacial score (nSPS) is 21.5. The van der Waals surface area contributed by atoms with Crippen molar-refractivity contribution < 1.29 is 28.2 Å². The molecule has 5 heterocycles. The second-order valence-corrected chi connectivity index (χ2v) is 14.8. The summed E-state index contributed by atoms with van der Waals surface area (Å²) in [6.07, 6.45) is 1.18. The average molecular weight is 756 g/mol. The summed E-state index contributed by atoms with van der Waals surface area (Å²) in [7, 11) is 0. The van der Waals surface area contributed by atoms with Crippen molar-refractivity contribution in [1.29, 1.82) is 0 Å². The Labute approximate surface area is 313 Å². The van der Waals surface area contributed by atoms with E-state index in [1.54, 1.807) is 11.1 Å². The summed E-state index contributed by atoms with van der Waals surface area (Å²) in [6.45, 7) is 3.55. The number of ether oxygens (including phenoxy) is 1. The zero-order chi connectivity index (χ0) is 38.1. The van der Waals surface area contributed by atoms with E-state index in [2.05, 4.69) is 15.0 Å². The lowest BCUT2D eigenvalue weighted by molar-refractivity contribution is -0.149. The van der Waals surface area contributed by atoms with Crippen LogP contribution < -0.4 is 16.0 Å². The number of carbonyl (C=O) groups is 2. The molecular weight excluding hydrogens is 717 g/mol. The van der Waals surface area contributed by atoms with Gasteiger partial charge >= 0.3 is 0 Å². The number of aromatic nitrogens is 4. The molecule has 12 nitrogen and oxygen atoms in total. The van der Waals surface area contributed by atoms with E-state index in [1.165, 1.54) is 40.5 Å². The molecule has 3 N–H and O–H groups in total. The minimum atomic E-state index is -1.98. The number of nitrogen functional groups attached to an aromatic ring is 1. The number of pyridine rings is 1. The van der Waals surface area contributed by atoms with Crippen molar-refractivity contribution in [3.63, 3.8) is 0 Å². The summed E-state index contributed by atoms with van der Waals surface area (Å²) in [5.74, 6) is -1.77. The van der Waals surface area contributed by atoms with E-state index in [0.717, 1.165) is 27.7 Å². The molecule has 2 amide bonds. The highest BCUT2D eigenvalue weighted by Crippen LogP contribution is 2.38. The second kappa shape index (κ2) is 15.1. The van der Waals surface area contributed by atoms with Crippen LogP contribution in [-0.2, 0) is 11.3 Å². The lowest BCUT2D eigenvalue weighted by atomic mass is 9.79. The van der Waals surface area contributed by atoms with Crippen LogP contribution in [0.5, 0.6) is 11.6 Å². The van der Waals surface area contributed by atoms with Gasteiger partial charge in [0.1, 0.15) is 39.6 Å². The number of alkyl halides is 1. The largest absolute Gasteiger partial charge is 0.437 e. The molecule has 0 radical (unpaired) electrons. The van der Waals surface area contributed by atoms with Gasteiger partial charge in [-0.15, -0.1) is 11.3 Å². The topological polar surface area (TPSA) is 157 Å². The minimum Gasteiger partial charge on any atom is -0.437 e. The molecule has 0 saturated carbocycles. The number of carbonyl (C=O) groups excluding carboxylic acids is 2. The second-order valence-electron chi connectivity index (χ2n) is 13.8. The third-order valence-corrected chi connectivity index (χ3v) is 11.4. The number of nitrogens with zero attached hydrogens (tertiary/aromatic N) is 6. The fourth-order valence-corrected chi connectivity index (χ4v) is 8.10. The Kier molecular flexibility index (Phi) is 10.3. The van der Waals surface area contributed by atoms with Gasteiger partial charge in [-0.05, 0) is 68.7 Å². The van der Waals surface area contributed by atoms with Gasteiger partial charge in [0.25, 0.3) is 11.5 Å². The first-order valence-electron chi connectivity index (χ1n) is 17.6. The number of piperidine rings is 2. The van der Waals surface area contributed by atoms with Gasteiger partial charge in [-0.1, -0.05) is 30.3 Å². The van der Waals surface area contributed by atoms with E-state index in [4.69, 9.17) is 10.5 Å². The summed E-state index contributed by atoms with van der Waals surface area (Å²) in [5.41, 5.74) is 6.14. The summed E-state index contributed by atoms with van der Waals surface area (Å²) in [5, 5.41) is 12.1. The maximum atomic E-state index is 16.0. The fourth-order valence-electron chi connectivity index (χ4n) is 7.07.